The first-order chi connectivity index (χ1) is 13.4. The SMILES string of the molecule is Cc1ccc(NC(=O)Cc2c(C)nc3nc(-c4cccs4)nn3c2C)cc1C. The van der Waals surface area contributed by atoms with E-state index < -0.39 is 0 Å². The topological polar surface area (TPSA) is 72.2 Å². The highest BCUT2D eigenvalue weighted by molar-refractivity contribution is 7.13. The van der Waals surface area contributed by atoms with E-state index in [9.17, 15) is 4.79 Å². The van der Waals surface area contributed by atoms with Crippen LogP contribution in [0.15, 0.2) is 35.7 Å². The summed E-state index contributed by atoms with van der Waals surface area (Å²) in [7, 11) is 0. The zero-order valence-electron chi connectivity index (χ0n) is 16.3. The number of aryl methyl sites for hydroxylation is 4. The van der Waals surface area contributed by atoms with Gasteiger partial charge in [0.1, 0.15) is 0 Å². The lowest BCUT2D eigenvalue weighted by molar-refractivity contribution is -0.115. The summed E-state index contributed by atoms with van der Waals surface area (Å²) in [5.41, 5.74) is 5.71. The summed E-state index contributed by atoms with van der Waals surface area (Å²) in [6.45, 7) is 7.95. The van der Waals surface area contributed by atoms with Crippen LogP contribution in [-0.4, -0.2) is 25.5 Å². The van der Waals surface area contributed by atoms with Crippen LogP contribution < -0.4 is 5.32 Å². The highest BCUT2D eigenvalue weighted by atomic mass is 32.1. The van der Waals surface area contributed by atoms with Gasteiger partial charge >= 0.3 is 0 Å². The fourth-order valence-electron chi connectivity index (χ4n) is 3.16. The minimum Gasteiger partial charge on any atom is -0.326 e. The minimum absolute atomic E-state index is 0.0748. The number of rotatable bonds is 4. The van der Waals surface area contributed by atoms with Crippen LogP contribution in [0.2, 0.25) is 0 Å². The lowest BCUT2D eigenvalue weighted by Crippen LogP contribution is -2.18. The Morgan fingerprint density at radius 3 is 2.64 bits per heavy atom. The second-order valence-electron chi connectivity index (χ2n) is 6.91. The van der Waals surface area contributed by atoms with Gasteiger partial charge in [0.15, 0.2) is 5.82 Å². The van der Waals surface area contributed by atoms with E-state index >= 15 is 0 Å². The summed E-state index contributed by atoms with van der Waals surface area (Å²) in [6.07, 6.45) is 0.238. The molecule has 0 saturated heterocycles. The number of anilines is 1. The molecule has 0 bridgehead atoms. The van der Waals surface area contributed by atoms with E-state index in [1.807, 2.05) is 56.5 Å². The van der Waals surface area contributed by atoms with Gasteiger partial charge in [0.25, 0.3) is 5.78 Å². The molecule has 0 aliphatic heterocycles. The van der Waals surface area contributed by atoms with Gasteiger partial charge in [0.2, 0.25) is 5.91 Å². The number of carbonyl (C=O) groups excluding carboxylic acids is 1. The third-order valence-corrected chi connectivity index (χ3v) is 5.78. The Balaban J connectivity index is 1.62. The van der Waals surface area contributed by atoms with Crippen molar-refractivity contribution >= 4 is 28.7 Å². The number of hydrogen-bond donors (Lipinski definition) is 1. The maximum absolute atomic E-state index is 12.6. The molecule has 0 aliphatic rings. The maximum Gasteiger partial charge on any atom is 0.253 e. The molecule has 6 nitrogen and oxygen atoms in total. The summed E-state index contributed by atoms with van der Waals surface area (Å²) < 4.78 is 1.72. The van der Waals surface area contributed by atoms with Gasteiger partial charge in [-0.2, -0.15) is 4.98 Å². The molecule has 3 heterocycles. The standard InChI is InChI=1S/C21H21N5OS/c1-12-7-8-16(10-13(12)2)23-19(27)11-17-14(3)22-21-24-20(18-6-5-9-28-18)25-26(21)15(17)4/h5-10H,11H2,1-4H3,(H,23,27). The Bertz CT molecular complexity index is 1180. The van der Waals surface area contributed by atoms with Crippen molar-refractivity contribution in [2.24, 2.45) is 0 Å². The molecular weight excluding hydrogens is 370 g/mol. The van der Waals surface area contributed by atoms with Crippen molar-refractivity contribution in [3.63, 3.8) is 0 Å². The van der Waals surface area contributed by atoms with Gasteiger partial charge in [-0.3, -0.25) is 4.79 Å². The number of nitrogens with one attached hydrogen (secondary N) is 1. The third-order valence-electron chi connectivity index (χ3n) is 4.92. The number of thiophene rings is 1. The number of aromatic nitrogens is 4. The van der Waals surface area contributed by atoms with Crippen LogP contribution in [0.25, 0.3) is 16.5 Å². The van der Waals surface area contributed by atoms with Gasteiger partial charge in [0.05, 0.1) is 11.3 Å². The number of fused-ring (bicyclic) bond motifs is 1. The molecule has 142 valence electrons. The van der Waals surface area contributed by atoms with Gasteiger partial charge in [0, 0.05) is 22.6 Å². The Kier molecular flexibility index (Phi) is 4.68. The van der Waals surface area contributed by atoms with E-state index in [2.05, 4.69) is 27.3 Å². The molecule has 0 atom stereocenters. The summed E-state index contributed by atoms with van der Waals surface area (Å²) in [6, 6.07) is 9.88. The van der Waals surface area contributed by atoms with Gasteiger partial charge in [-0.05, 0) is 62.4 Å². The zero-order chi connectivity index (χ0) is 19.8. The number of amides is 1. The fraction of sp³-hybridized carbons (Fsp3) is 0.238. The van der Waals surface area contributed by atoms with Crippen LogP contribution >= 0.6 is 11.3 Å². The van der Waals surface area contributed by atoms with Crippen LogP contribution in [-0.2, 0) is 11.2 Å². The average molecular weight is 392 g/mol. The van der Waals surface area contributed by atoms with Crippen LogP contribution in [0.5, 0.6) is 0 Å². The summed E-state index contributed by atoms with van der Waals surface area (Å²) in [5, 5.41) is 9.56. The molecule has 0 spiro atoms. The molecule has 0 saturated carbocycles. The lowest BCUT2D eigenvalue weighted by Gasteiger charge is -2.11. The normalized spacial score (nSPS) is 11.1. The van der Waals surface area contributed by atoms with Crippen LogP contribution in [0.4, 0.5) is 5.69 Å². The molecule has 1 aromatic carbocycles. The van der Waals surface area contributed by atoms with Gasteiger partial charge in [-0.15, -0.1) is 16.4 Å². The first kappa shape index (κ1) is 18.3. The molecule has 1 amide bonds. The van der Waals surface area contributed by atoms with Gasteiger partial charge < -0.3 is 5.32 Å². The Hall–Kier alpha value is -3.06. The van der Waals surface area contributed by atoms with E-state index in [0.29, 0.717) is 11.6 Å². The number of benzene rings is 1. The largest absolute Gasteiger partial charge is 0.326 e. The molecule has 0 aliphatic carbocycles. The van der Waals surface area contributed by atoms with E-state index in [4.69, 9.17) is 0 Å². The third kappa shape index (κ3) is 3.41. The number of hydrogen-bond acceptors (Lipinski definition) is 5. The molecule has 0 fully saturated rings. The molecule has 3 aromatic heterocycles. The first-order valence-corrected chi connectivity index (χ1v) is 9.94. The first-order valence-electron chi connectivity index (χ1n) is 9.06. The quantitative estimate of drug-likeness (QED) is 0.564. The maximum atomic E-state index is 12.6. The minimum atomic E-state index is -0.0748. The van der Waals surface area contributed by atoms with E-state index in [0.717, 1.165) is 33.1 Å². The summed E-state index contributed by atoms with van der Waals surface area (Å²) in [5.74, 6) is 1.13. The highest BCUT2D eigenvalue weighted by Crippen LogP contribution is 2.23. The molecule has 4 rings (SSSR count). The predicted octanol–water partition coefficient (Wildman–Crippen LogP) is 4.27. The number of carbonyl (C=O) groups is 1. The van der Waals surface area contributed by atoms with Crippen LogP contribution in [0.3, 0.4) is 0 Å². The van der Waals surface area contributed by atoms with Crippen molar-refractivity contribution in [2.75, 3.05) is 5.32 Å². The smallest absolute Gasteiger partial charge is 0.253 e. The lowest BCUT2D eigenvalue weighted by atomic mass is 10.1. The molecular formula is C21H21N5OS. The van der Waals surface area contributed by atoms with Crippen LogP contribution in [0, 0.1) is 27.7 Å². The Morgan fingerprint density at radius 1 is 1.11 bits per heavy atom. The van der Waals surface area contributed by atoms with E-state index in [1.54, 1.807) is 15.9 Å². The Labute approximate surface area is 167 Å². The Morgan fingerprint density at radius 2 is 1.93 bits per heavy atom. The van der Waals surface area contributed by atoms with Crippen molar-refractivity contribution in [3.8, 4) is 10.7 Å². The van der Waals surface area contributed by atoms with Crippen molar-refractivity contribution in [2.45, 2.75) is 34.1 Å². The highest BCUT2D eigenvalue weighted by Gasteiger charge is 2.17. The predicted molar refractivity (Wildman–Crippen MR) is 112 cm³/mol. The van der Waals surface area contributed by atoms with Crippen molar-refractivity contribution in [3.05, 3.63) is 63.8 Å². The van der Waals surface area contributed by atoms with Gasteiger partial charge in [-0.25, -0.2) is 9.50 Å². The molecule has 0 unspecified atom stereocenters. The molecule has 0 radical (unpaired) electrons. The van der Waals surface area contributed by atoms with Crippen molar-refractivity contribution in [1.29, 1.82) is 0 Å². The van der Waals surface area contributed by atoms with E-state index in [1.165, 1.54) is 5.56 Å². The molecule has 7 heteroatoms. The van der Waals surface area contributed by atoms with Crippen molar-refractivity contribution < 1.29 is 4.79 Å². The number of nitrogens with zero attached hydrogens (tertiary/aromatic N) is 4. The average Bonchev–Trinajstić information content (AvgIpc) is 3.31. The van der Waals surface area contributed by atoms with Gasteiger partial charge in [-0.1, -0.05) is 12.1 Å². The van der Waals surface area contributed by atoms with Crippen molar-refractivity contribution in [1.82, 2.24) is 19.6 Å². The second kappa shape index (κ2) is 7.16. The zero-order valence-corrected chi connectivity index (χ0v) is 17.1. The summed E-state index contributed by atoms with van der Waals surface area (Å²) >= 11 is 1.59. The van der Waals surface area contributed by atoms with Crippen LogP contribution in [0.1, 0.15) is 28.1 Å². The molecule has 28 heavy (non-hydrogen) atoms. The molecule has 4 aromatic rings. The monoisotopic (exact) mass is 391 g/mol. The van der Waals surface area contributed by atoms with E-state index in [-0.39, 0.29) is 12.3 Å². The summed E-state index contributed by atoms with van der Waals surface area (Å²) in [4.78, 5) is 22.7. The fourth-order valence-corrected chi connectivity index (χ4v) is 3.81. The second-order valence-corrected chi connectivity index (χ2v) is 7.86. The molecule has 1 N–H and O–H groups in total.